The maximum Gasteiger partial charge on any atom is 0.0593 e. The Labute approximate surface area is 138 Å². The molecule has 0 bridgehead atoms. The fourth-order valence-corrected chi connectivity index (χ4v) is 3.77. The first kappa shape index (κ1) is 19.3. The van der Waals surface area contributed by atoms with Gasteiger partial charge in [0.1, 0.15) is 0 Å². The number of hydrogen-bond acceptors (Lipinski definition) is 1. The van der Waals surface area contributed by atoms with Crippen LogP contribution in [0.3, 0.4) is 0 Å². The summed E-state index contributed by atoms with van der Waals surface area (Å²) >= 11 is 6.45. The summed E-state index contributed by atoms with van der Waals surface area (Å²) in [5.41, 5.74) is 0. The molecule has 1 aliphatic heterocycles. The van der Waals surface area contributed by atoms with E-state index in [1.54, 1.807) is 0 Å². The highest BCUT2D eigenvalue weighted by molar-refractivity contribution is 6.20. The normalized spacial score (nSPS) is 26.1. The Hall–Kier alpha value is 0.250. The van der Waals surface area contributed by atoms with E-state index in [1.807, 2.05) is 0 Å². The smallest absolute Gasteiger partial charge is 0.0593 e. The van der Waals surface area contributed by atoms with Crippen LogP contribution in [0.25, 0.3) is 0 Å². The van der Waals surface area contributed by atoms with Gasteiger partial charge in [0.05, 0.1) is 12.2 Å². The van der Waals surface area contributed by atoms with Crippen LogP contribution in [0.15, 0.2) is 0 Å². The molecule has 0 radical (unpaired) electrons. The standard InChI is InChI=1S/C19H37ClO/c1-3-5-7-9-11-13-18-15-17(20)16-19(21-18)14-12-10-8-6-4-2/h17-19H,3-16H2,1-2H3/t17?,18-,19+. The highest BCUT2D eigenvalue weighted by Gasteiger charge is 2.27. The van der Waals surface area contributed by atoms with E-state index in [9.17, 15) is 0 Å². The van der Waals surface area contributed by atoms with Crippen molar-refractivity contribution in [3.8, 4) is 0 Å². The van der Waals surface area contributed by atoms with Crippen LogP contribution in [0, 0.1) is 0 Å². The fourth-order valence-electron chi connectivity index (χ4n) is 3.37. The van der Waals surface area contributed by atoms with Crippen LogP contribution in [0.2, 0.25) is 0 Å². The summed E-state index contributed by atoms with van der Waals surface area (Å²) in [6.07, 6.45) is 19.0. The minimum absolute atomic E-state index is 0.347. The Kier molecular flexibility index (Phi) is 11.7. The molecule has 1 fully saturated rings. The third-order valence-corrected chi connectivity index (χ3v) is 5.04. The molecule has 0 N–H and O–H groups in total. The zero-order valence-corrected chi connectivity index (χ0v) is 15.2. The van der Waals surface area contributed by atoms with E-state index >= 15 is 0 Å². The van der Waals surface area contributed by atoms with Gasteiger partial charge in [0.25, 0.3) is 0 Å². The molecule has 0 saturated carbocycles. The monoisotopic (exact) mass is 316 g/mol. The van der Waals surface area contributed by atoms with Crippen LogP contribution < -0.4 is 0 Å². The Morgan fingerprint density at radius 1 is 0.714 bits per heavy atom. The maximum atomic E-state index is 6.45. The van der Waals surface area contributed by atoms with Gasteiger partial charge in [-0.15, -0.1) is 11.6 Å². The number of unbranched alkanes of at least 4 members (excludes halogenated alkanes) is 8. The molecule has 0 aromatic carbocycles. The lowest BCUT2D eigenvalue weighted by atomic mass is 9.96. The zero-order valence-electron chi connectivity index (χ0n) is 14.4. The SMILES string of the molecule is CCCCCCC[C@@H]1CC(Cl)C[C@H](CCCCCCC)O1. The molecule has 0 spiro atoms. The van der Waals surface area contributed by atoms with E-state index < -0.39 is 0 Å². The summed E-state index contributed by atoms with van der Waals surface area (Å²) < 4.78 is 6.29. The highest BCUT2D eigenvalue weighted by atomic mass is 35.5. The number of hydrogen-bond donors (Lipinski definition) is 0. The van der Waals surface area contributed by atoms with E-state index in [0.29, 0.717) is 17.6 Å². The van der Waals surface area contributed by atoms with Crippen molar-refractivity contribution < 1.29 is 4.74 Å². The quantitative estimate of drug-likeness (QED) is 0.282. The van der Waals surface area contributed by atoms with Crippen molar-refractivity contribution in [2.75, 3.05) is 0 Å². The molecule has 1 saturated heterocycles. The molecule has 1 rings (SSSR count). The van der Waals surface area contributed by atoms with Crippen molar-refractivity contribution in [2.45, 2.75) is 121 Å². The number of alkyl halides is 1. The zero-order chi connectivity index (χ0) is 15.3. The Balaban J connectivity index is 2.11. The van der Waals surface area contributed by atoms with E-state index in [4.69, 9.17) is 16.3 Å². The Bertz CT molecular complexity index is 210. The van der Waals surface area contributed by atoms with Gasteiger partial charge >= 0.3 is 0 Å². The predicted molar refractivity (Wildman–Crippen MR) is 94.3 cm³/mol. The minimum atomic E-state index is 0.347. The average molecular weight is 317 g/mol. The molecule has 3 atom stereocenters. The second-order valence-electron chi connectivity index (χ2n) is 6.85. The van der Waals surface area contributed by atoms with Crippen LogP contribution in [-0.2, 0) is 4.74 Å². The van der Waals surface area contributed by atoms with Crippen molar-refractivity contribution in [1.82, 2.24) is 0 Å². The minimum Gasteiger partial charge on any atom is -0.375 e. The lowest BCUT2D eigenvalue weighted by Gasteiger charge is -2.33. The molecular formula is C19H37ClO. The lowest BCUT2D eigenvalue weighted by Crippen LogP contribution is -2.33. The van der Waals surface area contributed by atoms with Crippen LogP contribution in [-0.4, -0.2) is 17.6 Å². The molecule has 1 aliphatic rings. The van der Waals surface area contributed by atoms with E-state index in [0.717, 1.165) is 12.8 Å². The molecule has 2 heteroatoms. The second kappa shape index (κ2) is 12.8. The van der Waals surface area contributed by atoms with Crippen LogP contribution in [0.5, 0.6) is 0 Å². The third kappa shape index (κ3) is 9.79. The van der Waals surface area contributed by atoms with Gasteiger partial charge in [-0.3, -0.25) is 0 Å². The molecule has 0 aromatic heterocycles. The summed E-state index contributed by atoms with van der Waals surface area (Å²) in [5.74, 6) is 0. The van der Waals surface area contributed by atoms with Crippen molar-refractivity contribution in [1.29, 1.82) is 0 Å². The highest BCUT2D eigenvalue weighted by Crippen LogP contribution is 2.29. The molecule has 0 aliphatic carbocycles. The van der Waals surface area contributed by atoms with Gasteiger partial charge in [-0.1, -0.05) is 78.1 Å². The average Bonchev–Trinajstić information content (AvgIpc) is 2.46. The van der Waals surface area contributed by atoms with Gasteiger partial charge in [0.2, 0.25) is 0 Å². The molecule has 1 unspecified atom stereocenters. The lowest BCUT2D eigenvalue weighted by molar-refractivity contribution is -0.0561. The number of ether oxygens (including phenoxy) is 1. The first-order valence-corrected chi connectivity index (χ1v) is 9.99. The van der Waals surface area contributed by atoms with Gasteiger partial charge in [-0.2, -0.15) is 0 Å². The Morgan fingerprint density at radius 3 is 1.57 bits per heavy atom. The van der Waals surface area contributed by atoms with Crippen LogP contribution in [0.1, 0.15) is 104 Å². The molecule has 0 amide bonds. The van der Waals surface area contributed by atoms with Gasteiger partial charge in [-0.05, 0) is 25.7 Å². The van der Waals surface area contributed by atoms with Crippen molar-refractivity contribution in [2.24, 2.45) is 0 Å². The van der Waals surface area contributed by atoms with E-state index in [2.05, 4.69) is 13.8 Å². The van der Waals surface area contributed by atoms with Gasteiger partial charge in [0.15, 0.2) is 0 Å². The van der Waals surface area contributed by atoms with Gasteiger partial charge < -0.3 is 4.74 Å². The van der Waals surface area contributed by atoms with Crippen LogP contribution in [0.4, 0.5) is 0 Å². The van der Waals surface area contributed by atoms with E-state index in [-0.39, 0.29) is 0 Å². The molecular weight excluding hydrogens is 280 g/mol. The molecule has 0 aromatic rings. The van der Waals surface area contributed by atoms with Crippen molar-refractivity contribution in [3.05, 3.63) is 0 Å². The number of halogens is 1. The van der Waals surface area contributed by atoms with Crippen molar-refractivity contribution in [3.63, 3.8) is 0 Å². The Morgan fingerprint density at radius 2 is 1.14 bits per heavy atom. The first-order valence-electron chi connectivity index (χ1n) is 9.55. The van der Waals surface area contributed by atoms with E-state index in [1.165, 1.54) is 77.0 Å². The van der Waals surface area contributed by atoms with Gasteiger partial charge in [-0.25, -0.2) is 0 Å². The largest absolute Gasteiger partial charge is 0.375 e. The topological polar surface area (TPSA) is 9.23 Å². The summed E-state index contributed by atoms with van der Waals surface area (Å²) in [4.78, 5) is 0. The molecule has 21 heavy (non-hydrogen) atoms. The molecule has 126 valence electrons. The summed E-state index contributed by atoms with van der Waals surface area (Å²) in [6, 6.07) is 0. The van der Waals surface area contributed by atoms with Crippen molar-refractivity contribution >= 4 is 11.6 Å². The second-order valence-corrected chi connectivity index (χ2v) is 7.47. The first-order chi connectivity index (χ1) is 10.3. The fraction of sp³-hybridized carbons (Fsp3) is 1.00. The summed E-state index contributed by atoms with van der Waals surface area (Å²) in [5, 5.41) is 0.347. The molecule has 1 nitrogen and oxygen atoms in total. The van der Waals surface area contributed by atoms with Gasteiger partial charge in [0, 0.05) is 5.38 Å². The molecule has 1 heterocycles. The predicted octanol–water partition coefficient (Wildman–Crippen LogP) is 6.86. The maximum absolute atomic E-state index is 6.45. The number of rotatable bonds is 12. The van der Waals surface area contributed by atoms with Crippen LogP contribution >= 0.6 is 11.6 Å². The third-order valence-electron chi connectivity index (χ3n) is 4.68. The summed E-state index contributed by atoms with van der Waals surface area (Å²) in [6.45, 7) is 4.54. The summed E-state index contributed by atoms with van der Waals surface area (Å²) in [7, 11) is 0.